The molecule has 22 heavy (non-hydrogen) atoms. The van der Waals surface area contributed by atoms with Crippen molar-refractivity contribution in [3.8, 4) is 11.5 Å². The fraction of sp³-hybridized carbons (Fsp3) is 0.375. The molecule has 0 aliphatic carbocycles. The van der Waals surface area contributed by atoms with Crippen LogP contribution >= 0.6 is 0 Å². The average Bonchev–Trinajstić information content (AvgIpc) is 2.50. The Labute approximate surface area is 129 Å². The van der Waals surface area contributed by atoms with Crippen LogP contribution in [0, 0.1) is 0 Å². The molecule has 1 aromatic rings. The lowest BCUT2D eigenvalue weighted by atomic mass is 10.1. The fourth-order valence-electron chi connectivity index (χ4n) is 1.76. The Morgan fingerprint density at radius 3 is 2.68 bits per heavy atom. The molecular weight excluding hydrogens is 286 g/mol. The molecule has 0 saturated carbocycles. The largest absolute Gasteiger partial charge is 0.493 e. The minimum absolute atomic E-state index is 0.0954. The first-order valence-corrected chi connectivity index (χ1v) is 6.84. The van der Waals surface area contributed by atoms with Gasteiger partial charge in [0.05, 0.1) is 13.5 Å². The van der Waals surface area contributed by atoms with E-state index in [2.05, 4.69) is 6.58 Å². The molecule has 1 rings (SSSR count). The zero-order valence-corrected chi connectivity index (χ0v) is 12.9. The molecule has 0 spiro atoms. The van der Waals surface area contributed by atoms with E-state index in [1.165, 1.54) is 12.0 Å². The Morgan fingerprint density at radius 1 is 1.36 bits per heavy atom. The van der Waals surface area contributed by atoms with E-state index in [-0.39, 0.29) is 25.5 Å². The number of nitrogens with zero attached hydrogens (tertiary/aromatic N) is 1. The van der Waals surface area contributed by atoms with Gasteiger partial charge in [-0.15, -0.1) is 6.58 Å². The van der Waals surface area contributed by atoms with Gasteiger partial charge in [-0.1, -0.05) is 12.1 Å². The topological polar surface area (TPSA) is 76.1 Å². The number of allylic oxidation sites excluding steroid dienone is 1. The molecule has 0 fully saturated rings. The lowest BCUT2D eigenvalue weighted by molar-refractivity contribution is -0.138. The number of likely N-dealkylation sites (N-methyl/N-ethyl adjacent to an activating group) is 1. The Bertz CT molecular complexity index is 541. The number of carboxylic acids is 1. The highest BCUT2D eigenvalue weighted by atomic mass is 16.5. The van der Waals surface area contributed by atoms with E-state index < -0.39 is 5.97 Å². The second-order valence-corrected chi connectivity index (χ2v) is 4.73. The van der Waals surface area contributed by atoms with Crippen molar-refractivity contribution >= 4 is 11.9 Å². The standard InChI is InChI=1S/C16H21NO5/c1-4-5-12-6-7-13(14(10-12)21-3)22-11-15(18)17(2)9-8-16(19)20/h4,6-7,10H,1,5,8-9,11H2,2-3H3,(H,19,20). The number of hydrogen-bond acceptors (Lipinski definition) is 4. The van der Waals surface area contributed by atoms with Crippen LogP contribution in [0.25, 0.3) is 0 Å². The first-order valence-electron chi connectivity index (χ1n) is 6.84. The molecule has 120 valence electrons. The molecule has 0 radical (unpaired) electrons. The normalized spacial score (nSPS) is 9.91. The molecule has 0 atom stereocenters. The van der Waals surface area contributed by atoms with Crippen LogP contribution < -0.4 is 9.47 Å². The molecule has 1 N–H and O–H groups in total. The molecule has 6 nitrogen and oxygen atoms in total. The highest BCUT2D eigenvalue weighted by Gasteiger charge is 2.13. The predicted octanol–water partition coefficient (Wildman–Crippen LogP) is 1.74. The lowest BCUT2D eigenvalue weighted by Gasteiger charge is -2.17. The lowest BCUT2D eigenvalue weighted by Crippen LogP contribution is -2.33. The molecule has 0 aliphatic rings. The second kappa shape index (κ2) is 8.71. The van der Waals surface area contributed by atoms with Crippen LogP contribution in [0.3, 0.4) is 0 Å². The van der Waals surface area contributed by atoms with Gasteiger partial charge >= 0.3 is 5.97 Å². The van der Waals surface area contributed by atoms with Crippen molar-refractivity contribution < 1.29 is 24.2 Å². The van der Waals surface area contributed by atoms with E-state index in [4.69, 9.17) is 14.6 Å². The molecule has 0 unspecified atom stereocenters. The van der Waals surface area contributed by atoms with E-state index in [1.54, 1.807) is 19.2 Å². The van der Waals surface area contributed by atoms with Crippen LogP contribution in [0.2, 0.25) is 0 Å². The van der Waals surface area contributed by atoms with Gasteiger partial charge in [0, 0.05) is 13.6 Å². The zero-order chi connectivity index (χ0) is 16.5. The summed E-state index contributed by atoms with van der Waals surface area (Å²) in [6.45, 7) is 3.65. The minimum atomic E-state index is -0.944. The van der Waals surface area contributed by atoms with Crippen LogP contribution in [0.15, 0.2) is 30.9 Å². The first kappa shape index (κ1) is 17.6. The van der Waals surface area contributed by atoms with Gasteiger partial charge in [0.1, 0.15) is 0 Å². The number of amides is 1. The van der Waals surface area contributed by atoms with Crippen molar-refractivity contribution in [3.05, 3.63) is 36.4 Å². The molecule has 1 amide bonds. The van der Waals surface area contributed by atoms with Gasteiger partial charge in [-0.25, -0.2) is 0 Å². The Kier molecular flexibility index (Phi) is 6.95. The summed E-state index contributed by atoms with van der Waals surface area (Å²) in [5, 5.41) is 8.60. The number of methoxy groups -OCH3 is 1. The maximum absolute atomic E-state index is 11.9. The highest BCUT2D eigenvalue weighted by molar-refractivity contribution is 5.78. The smallest absolute Gasteiger partial charge is 0.305 e. The Morgan fingerprint density at radius 2 is 2.09 bits per heavy atom. The minimum Gasteiger partial charge on any atom is -0.493 e. The monoisotopic (exact) mass is 307 g/mol. The summed E-state index contributed by atoms with van der Waals surface area (Å²) < 4.78 is 10.7. The van der Waals surface area contributed by atoms with Gasteiger partial charge in [0.2, 0.25) is 0 Å². The van der Waals surface area contributed by atoms with Crippen molar-refractivity contribution in [2.45, 2.75) is 12.8 Å². The number of carboxylic acid groups (broad SMARTS) is 1. The van der Waals surface area contributed by atoms with Crippen LogP contribution in [0.4, 0.5) is 0 Å². The van der Waals surface area contributed by atoms with Crippen LogP contribution in [0.5, 0.6) is 11.5 Å². The van der Waals surface area contributed by atoms with Gasteiger partial charge in [-0.3, -0.25) is 9.59 Å². The summed E-state index contributed by atoms with van der Waals surface area (Å²) in [6.07, 6.45) is 2.41. The number of benzene rings is 1. The van der Waals surface area contributed by atoms with E-state index in [0.29, 0.717) is 17.9 Å². The quantitative estimate of drug-likeness (QED) is 0.703. The third-order valence-electron chi connectivity index (χ3n) is 3.05. The predicted molar refractivity (Wildman–Crippen MR) is 82.3 cm³/mol. The SMILES string of the molecule is C=CCc1ccc(OCC(=O)N(C)CCC(=O)O)c(OC)c1. The third-order valence-corrected chi connectivity index (χ3v) is 3.05. The maximum Gasteiger partial charge on any atom is 0.305 e. The van der Waals surface area contributed by atoms with Gasteiger partial charge in [0.15, 0.2) is 18.1 Å². The third kappa shape index (κ3) is 5.47. The maximum atomic E-state index is 11.9. The van der Waals surface area contributed by atoms with E-state index >= 15 is 0 Å². The molecule has 1 aromatic carbocycles. The van der Waals surface area contributed by atoms with Crippen molar-refractivity contribution in [1.29, 1.82) is 0 Å². The van der Waals surface area contributed by atoms with Gasteiger partial charge < -0.3 is 19.5 Å². The summed E-state index contributed by atoms with van der Waals surface area (Å²) in [5.74, 6) is -0.228. The van der Waals surface area contributed by atoms with E-state index in [1.807, 2.05) is 12.1 Å². The summed E-state index contributed by atoms with van der Waals surface area (Å²) in [7, 11) is 3.07. The number of carbonyl (C=O) groups is 2. The number of ether oxygens (including phenoxy) is 2. The van der Waals surface area contributed by atoms with Gasteiger partial charge in [-0.2, -0.15) is 0 Å². The summed E-state index contributed by atoms with van der Waals surface area (Å²) in [4.78, 5) is 23.7. The highest BCUT2D eigenvalue weighted by Crippen LogP contribution is 2.28. The molecule has 0 aliphatic heterocycles. The molecule has 0 heterocycles. The van der Waals surface area contributed by atoms with E-state index in [9.17, 15) is 9.59 Å². The molecule has 6 heteroatoms. The van der Waals surface area contributed by atoms with Crippen molar-refractivity contribution in [2.75, 3.05) is 27.3 Å². The first-order chi connectivity index (χ1) is 10.5. The van der Waals surface area contributed by atoms with Crippen LogP contribution in [-0.4, -0.2) is 49.2 Å². The molecule has 0 bridgehead atoms. The summed E-state index contributed by atoms with van der Waals surface area (Å²) in [5.41, 5.74) is 1.03. The Balaban J connectivity index is 2.61. The Hall–Kier alpha value is -2.50. The zero-order valence-electron chi connectivity index (χ0n) is 12.9. The van der Waals surface area contributed by atoms with Gasteiger partial charge in [-0.05, 0) is 24.1 Å². The fourth-order valence-corrected chi connectivity index (χ4v) is 1.76. The van der Waals surface area contributed by atoms with E-state index in [0.717, 1.165) is 5.56 Å². The number of rotatable bonds is 9. The van der Waals surface area contributed by atoms with Crippen molar-refractivity contribution in [1.82, 2.24) is 4.90 Å². The summed E-state index contributed by atoms with van der Waals surface area (Å²) >= 11 is 0. The number of hydrogen-bond donors (Lipinski definition) is 1. The van der Waals surface area contributed by atoms with Crippen molar-refractivity contribution in [3.63, 3.8) is 0 Å². The van der Waals surface area contributed by atoms with Crippen LogP contribution in [0.1, 0.15) is 12.0 Å². The molecule has 0 saturated heterocycles. The number of aliphatic carboxylic acids is 1. The molecular formula is C16H21NO5. The van der Waals surface area contributed by atoms with Crippen LogP contribution in [-0.2, 0) is 16.0 Å². The average molecular weight is 307 g/mol. The molecule has 0 aromatic heterocycles. The van der Waals surface area contributed by atoms with Gasteiger partial charge in [0.25, 0.3) is 5.91 Å². The second-order valence-electron chi connectivity index (χ2n) is 4.73. The number of carbonyl (C=O) groups excluding carboxylic acids is 1. The summed E-state index contributed by atoms with van der Waals surface area (Å²) in [6, 6.07) is 5.44. The van der Waals surface area contributed by atoms with Crippen molar-refractivity contribution in [2.24, 2.45) is 0 Å².